The molecule has 1 spiro atoms. The van der Waals surface area contributed by atoms with E-state index in [1.807, 2.05) is 0 Å². The van der Waals surface area contributed by atoms with Gasteiger partial charge in [-0.2, -0.15) is 0 Å². The van der Waals surface area contributed by atoms with Gasteiger partial charge < -0.3 is 10.6 Å². The fourth-order valence-electron chi connectivity index (χ4n) is 9.13. The maximum absolute atomic E-state index is 13.5. The molecule has 6 heterocycles. The van der Waals surface area contributed by atoms with Crippen LogP contribution in [0.1, 0.15) is 87.5 Å². The van der Waals surface area contributed by atoms with E-state index in [0.717, 1.165) is 47.7 Å². The number of rotatable bonds is 0. The molecule has 0 unspecified atom stereocenters. The van der Waals surface area contributed by atoms with E-state index < -0.39 is 5.66 Å². The number of fused-ring (bicyclic) bond motifs is 4. The van der Waals surface area contributed by atoms with Crippen LogP contribution >= 0.6 is 0 Å². The lowest BCUT2D eigenvalue weighted by atomic mass is 9.67. The minimum Gasteiger partial charge on any atom is -0.365 e. The summed E-state index contributed by atoms with van der Waals surface area (Å²) in [5, 5.41) is 7.30. The summed E-state index contributed by atoms with van der Waals surface area (Å²) in [6, 6.07) is 0.231. The lowest BCUT2D eigenvalue weighted by molar-refractivity contribution is -0.120. The number of aliphatic imine (C=N–C) groups is 3. The first-order chi connectivity index (χ1) is 18.8. The van der Waals surface area contributed by atoms with Gasteiger partial charge >= 0.3 is 0 Å². The highest BCUT2D eigenvalue weighted by Crippen LogP contribution is 2.57. The Hall–Kier alpha value is -2.57. The predicted octanol–water partition coefficient (Wildman–Crippen LogP) is 5.03. The van der Waals surface area contributed by atoms with Crippen LogP contribution in [0.25, 0.3) is 0 Å². The first-order valence-corrected chi connectivity index (χ1v) is 15.6. The Bertz CT molecular complexity index is 1380. The first kappa shape index (κ1) is 26.3. The van der Waals surface area contributed by atoms with Crippen molar-refractivity contribution in [3.63, 3.8) is 0 Å². The number of allylic oxidation sites excluding steroid dienone is 4. The van der Waals surface area contributed by atoms with E-state index >= 15 is 0 Å². The summed E-state index contributed by atoms with van der Waals surface area (Å²) in [5.74, 6) is 1.85. The molecule has 7 aliphatic rings. The fraction of sp³-hybridized carbons (Fsp3) is 0.727. The molecule has 0 radical (unpaired) electrons. The third-order valence-corrected chi connectivity index (χ3v) is 12.9. The maximum Gasteiger partial charge on any atom is 0.222 e. The Kier molecular flexibility index (Phi) is 5.44. The highest BCUT2D eigenvalue weighted by Gasteiger charge is 2.65. The van der Waals surface area contributed by atoms with Gasteiger partial charge in [0.25, 0.3) is 0 Å². The lowest BCUT2D eigenvalue weighted by Gasteiger charge is -2.41. The number of carbonyl (C=O) groups excluding carboxylic acids is 2. The summed E-state index contributed by atoms with van der Waals surface area (Å²) >= 11 is 0. The number of hydrogen-bond acceptors (Lipinski definition) is 6. The van der Waals surface area contributed by atoms with Crippen molar-refractivity contribution in [3.05, 3.63) is 23.0 Å². The molecule has 0 aromatic rings. The van der Waals surface area contributed by atoms with Gasteiger partial charge in [-0.25, -0.2) is 0 Å². The highest BCUT2D eigenvalue weighted by molar-refractivity contribution is 6.26. The van der Waals surface area contributed by atoms with Crippen LogP contribution in [0.4, 0.5) is 0 Å². The summed E-state index contributed by atoms with van der Waals surface area (Å²) in [7, 11) is 0. The molecule has 7 rings (SSSR count). The van der Waals surface area contributed by atoms with Crippen LogP contribution in [0.5, 0.6) is 0 Å². The molecule has 0 aromatic heterocycles. The van der Waals surface area contributed by atoms with Crippen LogP contribution in [0.15, 0.2) is 38.0 Å². The normalized spacial score (nSPS) is 50.0. The molecule has 1 saturated carbocycles. The summed E-state index contributed by atoms with van der Waals surface area (Å²) in [5.41, 5.74) is 5.28. The van der Waals surface area contributed by atoms with Crippen LogP contribution in [-0.4, -0.2) is 46.6 Å². The summed E-state index contributed by atoms with van der Waals surface area (Å²) in [6.45, 7) is 18.3. The van der Waals surface area contributed by atoms with Gasteiger partial charge in [0.05, 0.1) is 29.1 Å². The number of nitrogens with one attached hydrogen (secondary N) is 2. The van der Waals surface area contributed by atoms with E-state index in [1.54, 1.807) is 0 Å². The average Bonchev–Trinajstić information content (AvgIpc) is 3.55. The van der Waals surface area contributed by atoms with Gasteiger partial charge in [0.1, 0.15) is 5.66 Å². The molecular weight excluding hydrogens is 498 g/mol. The van der Waals surface area contributed by atoms with Crippen molar-refractivity contribution in [1.29, 1.82) is 0 Å². The molecule has 7 nitrogen and oxygen atoms in total. The van der Waals surface area contributed by atoms with E-state index in [4.69, 9.17) is 15.0 Å². The molecule has 2 saturated heterocycles. The Morgan fingerprint density at radius 1 is 0.950 bits per heavy atom. The smallest absolute Gasteiger partial charge is 0.222 e. The van der Waals surface area contributed by atoms with Crippen LogP contribution < -0.4 is 10.6 Å². The molecule has 40 heavy (non-hydrogen) atoms. The fourth-order valence-corrected chi connectivity index (χ4v) is 9.13. The number of Topliss-reactive ketones (excluding diaryl/α,β-unsaturated/α-hetero) is 1. The van der Waals surface area contributed by atoms with Crippen LogP contribution in [0, 0.1) is 46.3 Å². The number of carbonyl (C=O) groups is 2. The Morgan fingerprint density at radius 3 is 2.45 bits per heavy atom. The summed E-state index contributed by atoms with van der Waals surface area (Å²) in [6.07, 6.45) is 5.79. The molecule has 214 valence electrons. The van der Waals surface area contributed by atoms with Crippen LogP contribution in [-0.2, 0) is 9.59 Å². The van der Waals surface area contributed by atoms with E-state index in [-0.39, 0.29) is 52.4 Å². The average molecular weight is 544 g/mol. The van der Waals surface area contributed by atoms with E-state index in [9.17, 15) is 9.59 Å². The van der Waals surface area contributed by atoms with Crippen molar-refractivity contribution in [3.8, 4) is 0 Å². The Morgan fingerprint density at radius 2 is 1.70 bits per heavy atom. The number of nitrogens with zero attached hydrogens (tertiary/aromatic N) is 3. The molecule has 1 amide bonds. The van der Waals surface area contributed by atoms with Crippen molar-refractivity contribution in [1.82, 2.24) is 10.6 Å². The van der Waals surface area contributed by atoms with Crippen molar-refractivity contribution < 1.29 is 9.59 Å². The van der Waals surface area contributed by atoms with Crippen molar-refractivity contribution in [2.24, 2.45) is 61.3 Å². The third-order valence-electron chi connectivity index (χ3n) is 12.9. The number of amides is 1. The lowest BCUT2D eigenvalue weighted by Crippen LogP contribution is -2.58. The highest BCUT2D eigenvalue weighted by atomic mass is 16.2. The topological polar surface area (TPSA) is 95.3 Å². The van der Waals surface area contributed by atoms with Gasteiger partial charge in [0, 0.05) is 77.3 Å². The molecule has 10 atom stereocenters. The zero-order valence-electron chi connectivity index (χ0n) is 25.4. The number of hydrogen-bond donors (Lipinski definition) is 2. The number of ketones is 1. The van der Waals surface area contributed by atoms with Gasteiger partial charge in [-0.1, -0.05) is 55.4 Å². The summed E-state index contributed by atoms with van der Waals surface area (Å²) in [4.78, 5) is 42.5. The minimum absolute atomic E-state index is 0.0594. The molecular formula is C33H45N5O2. The monoisotopic (exact) mass is 543 g/mol. The standard InChI is InChI=1S/C33H45N5O2/c1-15-16(2)29-28-25(39)10-9-20-17(3)22(36-30(20)28)12-26-31(6,7)18(4)24(34-26)13-33-32(8,14-27(40)38-33)19(5)23(37-33)11-21(15)35-29/h11,15-20,22,24,37H,9-10,12-14H2,1-8H3,(H,38,40)/b23-11-,29-28-/t15-,16-,17-,18+,19+,20-,22+,24-,32-,33-/m0/s1. The Labute approximate surface area is 238 Å². The second-order valence-electron chi connectivity index (χ2n) is 14.9. The van der Waals surface area contributed by atoms with Crippen molar-refractivity contribution in [2.75, 3.05) is 0 Å². The maximum atomic E-state index is 13.5. The van der Waals surface area contributed by atoms with Gasteiger partial charge in [-0.15, -0.1) is 0 Å². The molecule has 7 heteroatoms. The largest absolute Gasteiger partial charge is 0.365 e. The third kappa shape index (κ3) is 3.26. The SMILES string of the molecule is C[C@H]1[C@@H]2CCC(=O)/C3=C4N=C(/C=C5\N[C@@]6(C[C@@H]7N=C(C[C@H]1N=C32)C(C)(C)[C@@H]7C)NC(=O)C[C@@]6(C)[C@@H]5C)[C@@H](C)[C@@H]/4C. The minimum atomic E-state index is -0.547. The molecule has 2 N–H and O–H groups in total. The second-order valence-corrected chi connectivity index (χ2v) is 14.9. The van der Waals surface area contributed by atoms with Gasteiger partial charge in [0.15, 0.2) is 5.78 Å². The molecule has 0 aromatic carbocycles. The van der Waals surface area contributed by atoms with Crippen molar-refractivity contribution in [2.45, 2.75) is 105 Å². The van der Waals surface area contributed by atoms with Gasteiger partial charge in [-0.3, -0.25) is 24.6 Å². The van der Waals surface area contributed by atoms with Gasteiger partial charge in [0.2, 0.25) is 5.91 Å². The van der Waals surface area contributed by atoms with Crippen molar-refractivity contribution >= 4 is 28.8 Å². The molecule has 1 aliphatic carbocycles. The van der Waals surface area contributed by atoms with Crippen LogP contribution in [0.2, 0.25) is 0 Å². The van der Waals surface area contributed by atoms with Gasteiger partial charge in [-0.05, 0) is 24.3 Å². The molecule has 3 fully saturated rings. The predicted molar refractivity (Wildman–Crippen MR) is 158 cm³/mol. The molecule has 6 aliphatic heterocycles. The first-order valence-electron chi connectivity index (χ1n) is 15.6. The summed E-state index contributed by atoms with van der Waals surface area (Å²) < 4.78 is 0. The quantitative estimate of drug-likeness (QED) is 0.449. The van der Waals surface area contributed by atoms with E-state index in [0.29, 0.717) is 30.6 Å². The van der Waals surface area contributed by atoms with E-state index in [1.165, 1.54) is 5.71 Å². The van der Waals surface area contributed by atoms with Crippen LogP contribution in [0.3, 0.4) is 0 Å². The van der Waals surface area contributed by atoms with E-state index in [2.05, 4.69) is 72.1 Å². The second kappa shape index (κ2) is 8.25. The zero-order chi connectivity index (χ0) is 28.5. The zero-order valence-corrected chi connectivity index (χ0v) is 25.4. The molecule has 8 bridgehead atoms. The Balaban J connectivity index is 1.44.